The van der Waals surface area contributed by atoms with Crippen molar-refractivity contribution in [1.82, 2.24) is 4.90 Å². The number of hydrogen-bond acceptors (Lipinski definition) is 2. The summed E-state index contributed by atoms with van der Waals surface area (Å²) in [6.07, 6.45) is 6.55. The zero-order chi connectivity index (χ0) is 16.2. The van der Waals surface area contributed by atoms with Crippen molar-refractivity contribution in [2.24, 2.45) is 5.92 Å². The highest BCUT2D eigenvalue weighted by Crippen LogP contribution is 2.26. The fourth-order valence-corrected chi connectivity index (χ4v) is 3.66. The Labute approximate surface area is 138 Å². The van der Waals surface area contributed by atoms with Gasteiger partial charge in [0, 0.05) is 31.1 Å². The molecule has 2 amide bonds. The van der Waals surface area contributed by atoms with Gasteiger partial charge in [0.2, 0.25) is 11.8 Å². The van der Waals surface area contributed by atoms with Gasteiger partial charge in [0.15, 0.2) is 0 Å². The molecule has 1 saturated heterocycles. The number of piperidine rings is 1. The number of carbonyl (C=O) groups is 2. The van der Waals surface area contributed by atoms with Gasteiger partial charge in [-0.05, 0) is 61.8 Å². The van der Waals surface area contributed by atoms with E-state index in [0.29, 0.717) is 19.5 Å². The Kier molecular flexibility index (Phi) is 4.99. The third-order valence-electron chi connectivity index (χ3n) is 5.05. The molecule has 1 heterocycles. The number of likely N-dealkylation sites (tertiary alicyclic amines) is 1. The van der Waals surface area contributed by atoms with Crippen LogP contribution in [0.15, 0.2) is 18.2 Å². The molecule has 3 rings (SSSR count). The lowest BCUT2D eigenvalue weighted by molar-refractivity contribution is -0.134. The molecule has 1 aromatic carbocycles. The summed E-state index contributed by atoms with van der Waals surface area (Å²) in [4.78, 5) is 26.3. The zero-order valence-corrected chi connectivity index (χ0v) is 13.9. The molecule has 0 radical (unpaired) electrons. The third-order valence-corrected chi connectivity index (χ3v) is 5.05. The van der Waals surface area contributed by atoms with E-state index in [1.54, 1.807) is 0 Å². The lowest BCUT2D eigenvalue weighted by atomic mass is 9.95. The number of fused-ring (bicyclic) bond motifs is 1. The summed E-state index contributed by atoms with van der Waals surface area (Å²) < 4.78 is 0. The SMILES string of the molecule is CCCC(=O)N1CCC(C(=O)Nc2ccc3c(c2)CCC3)CC1. The fourth-order valence-electron chi connectivity index (χ4n) is 3.66. The van der Waals surface area contributed by atoms with Gasteiger partial charge < -0.3 is 10.2 Å². The van der Waals surface area contributed by atoms with Crippen LogP contribution in [0.3, 0.4) is 0 Å². The highest BCUT2D eigenvalue weighted by atomic mass is 16.2. The van der Waals surface area contributed by atoms with E-state index >= 15 is 0 Å². The molecule has 1 N–H and O–H groups in total. The molecular weight excluding hydrogens is 288 g/mol. The first kappa shape index (κ1) is 16.0. The minimum Gasteiger partial charge on any atom is -0.343 e. The number of rotatable bonds is 4. The Morgan fingerprint density at radius 3 is 2.65 bits per heavy atom. The summed E-state index contributed by atoms with van der Waals surface area (Å²) in [7, 11) is 0. The lowest BCUT2D eigenvalue weighted by Gasteiger charge is -2.31. The number of aryl methyl sites for hydroxylation is 2. The molecular formula is C19H26N2O2. The highest BCUT2D eigenvalue weighted by molar-refractivity contribution is 5.93. The number of benzene rings is 1. The van der Waals surface area contributed by atoms with Crippen LogP contribution in [0.25, 0.3) is 0 Å². The highest BCUT2D eigenvalue weighted by Gasteiger charge is 2.27. The Morgan fingerprint density at radius 2 is 1.91 bits per heavy atom. The van der Waals surface area contributed by atoms with Crippen LogP contribution >= 0.6 is 0 Å². The molecule has 0 aromatic heterocycles. The summed E-state index contributed by atoms with van der Waals surface area (Å²) in [6.45, 7) is 3.44. The van der Waals surface area contributed by atoms with E-state index in [1.807, 2.05) is 17.9 Å². The second-order valence-corrected chi connectivity index (χ2v) is 6.73. The monoisotopic (exact) mass is 314 g/mol. The zero-order valence-electron chi connectivity index (χ0n) is 13.9. The predicted molar refractivity (Wildman–Crippen MR) is 91.3 cm³/mol. The van der Waals surface area contributed by atoms with Gasteiger partial charge in [0.25, 0.3) is 0 Å². The van der Waals surface area contributed by atoms with Crippen LogP contribution in [0, 0.1) is 5.92 Å². The number of hydrogen-bond donors (Lipinski definition) is 1. The number of nitrogens with one attached hydrogen (secondary N) is 1. The largest absolute Gasteiger partial charge is 0.343 e. The van der Waals surface area contributed by atoms with Crippen LogP contribution in [0.4, 0.5) is 5.69 Å². The second kappa shape index (κ2) is 7.16. The smallest absolute Gasteiger partial charge is 0.227 e. The van der Waals surface area contributed by atoms with Crippen molar-refractivity contribution in [3.63, 3.8) is 0 Å². The van der Waals surface area contributed by atoms with Gasteiger partial charge in [-0.2, -0.15) is 0 Å². The minimum atomic E-state index is 0.0222. The average Bonchev–Trinajstić information content (AvgIpc) is 3.03. The maximum atomic E-state index is 12.5. The van der Waals surface area contributed by atoms with E-state index in [9.17, 15) is 9.59 Å². The van der Waals surface area contributed by atoms with Crippen LogP contribution in [-0.4, -0.2) is 29.8 Å². The first-order valence-corrected chi connectivity index (χ1v) is 8.88. The molecule has 124 valence electrons. The van der Waals surface area contributed by atoms with Gasteiger partial charge in [0.1, 0.15) is 0 Å². The number of nitrogens with zero attached hydrogens (tertiary/aromatic N) is 1. The van der Waals surface area contributed by atoms with Crippen molar-refractivity contribution < 1.29 is 9.59 Å². The van der Waals surface area contributed by atoms with Crippen LogP contribution in [0.5, 0.6) is 0 Å². The third kappa shape index (κ3) is 3.74. The second-order valence-electron chi connectivity index (χ2n) is 6.73. The summed E-state index contributed by atoms with van der Waals surface area (Å²) >= 11 is 0. The molecule has 23 heavy (non-hydrogen) atoms. The number of carbonyl (C=O) groups excluding carboxylic acids is 2. The van der Waals surface area contributed by atoms with Crippen molar-refractivity contribution in [3.05, 3.63) is 29.3 Å². The van der Waals surface area contributed by atoms with Gasteiger partial charge in [-0.1, -0.05) is 13.0 Å². The molecule has 0 bridgehead atoms. The number of amides is 2. The Hall–Kier alpha value is -1.84. The lowest BCUT2D eigenvalue weighted by Crippen LogP contribution is -2.41. The van der Waals surface area contributed by atoms with Crippen LogP contribution in [-0.2, 0) is 22.4 Å². The van der Waals surface area contributed by atoms with Gasteiger partial charge >= 0.3 is 0 Å². The average molecular weight is 314 g/mol. The van der Waals surface area contributed by atoms with Crippen molar-refractivity contribution in [2.75, 3.05) is 18.4 Å². The van der Waals surface area contributed by atoms with E-state index in [4.69, 9.17) is 0 Å². The summed E-state index contributed by atoms with van der Waals surface area (Å²) in [5, 5.41) is 3.07. The first-order chi connectivity index (χ1) is 11.2. The maximum absolute atomic E-state index is 12.5. The summed E-state index contributed by atoms with van der Waals surface area (Å²) in [5.41, 5.74) is 3.72. The molecule has 0 saturated carbocycles. The standard InChI is InChI=1S/C19H26N2O2/c1-2-4-18(22)21-11-9-15(10-12-21)19(23)20-17-8-7-14-5-3-6-16(14)13-17/h7-8,13,15H,2-6,9-12H2,1H3,(H,20,23). The van der Waals surface area contributed by atoms with E-state index < -0.39 is 0 Å². The molecule has 1 fully saturated rings. The fraction of sp³-hybridized carbons (Fsp3) is 0.579. The quantitative estimate of drug-likeness (QED) is 0.928. The van der Waals surface area contributed by atoms with Crippen molar-refractivity contribution in [3.8, 4) is 0 Å². The summed E-state index contributed by atoms with van der Waals surface area (Å²) in [5.74, 6) is 0.351. The summed E-state index contributed by atoms with van der Waals surface area (Å²) in [6, 6.07) is 6.28. The van der Waals surface area contributed by atoms with Gasteiger partial charge in [0.05, 0.1) is 0 Å². The molecule has 1 aliphatic carbocycles. The molecule has 0 spiro atoms. The Balaban J connectivity index is 1.53. The Morgan fingerprint density at radius 1 is 1.17 bits per heavy atom. The molecule has 1 aliphatic heterocycles. The van der Waals surface area contributed by atoms with Gasteiger partial charge in [-0.3, -0.25) is 9.59 Å². The van der Waals surface area contributed by atoms with E-state index in [2.05, 4.69) is 17.4 Å². The molecule has 4 heteroatoms. The molecule has 2 aliphatic rings. The van der Waals surface area contributed by atoms with Crippen molar-refractivity contribution in [2.45, 2.75) is 51.9 Å². The minimum absolute atomic E-state index is 0.0222. The van der Waals surface area contributed by atoms with E-state index in [-0.39, 0.29) is 17.7 Å². The molecule has 0 unspecified atom stereocenters. The maximum Gasteiger partial charge on any atom is 0.227 e. The van der Waals surface area contributed by atoms with Crippen molar-refractivity contribution in [1.29, 1.82) is 0 Å². The molecule has 4 nitrogen and oxygen atoms in total. The van der Waals surface area contributed by atoms with Crippen LogP contribution in [0.2, 0.25) is 0 Å². The van der Waals surface area contributed by atoms with E-state index in [0.717, 1.165) is 37.8 Å². The topological polar surface area (TPSA) is 49.4 Å². The first-order valence-electron chi connectivity index (χ1n) is 8.88. The number of anilines is 1. The Bertz CT molecular complexity index is 589. The molecule has 0 atom stereocenters. The van der Waals surface area contributed by atoms with Gasteiger partial charge in [-0.15, -0.1) is 0 Å². The van der Waals surface area contributed by atoms with Gasteiger partial charge in [-0.25, -0.2) is 0 Å². The van der Waals surface area contributed by atoms with Crippen LogP contribution in [0.1, 0.15) is 50.2 Å². The van der Waals surface area contributed by atoms with Crippen molar-refractivity contribution >= 4 is 17.5 Å². The van der Waals surface area contributed by atoms with Crippen LogP contribution < -0.4 is 5.32 Å². The normalized spacial score (nSPS) is 17.9. The predicted octanol–water partition coefficient (Wildman–Crippen LogP) is 3.15. The van der Waals surface area contributed by atoms with E-state index in [1.165, 1.54) is 17.5 Å². The molecule has 1 aromatic rings.